The molecule has 3 heterocycles. The van der Waals surface area contributed by atoms with Crippen LogP contribution in [0.4, 0.5) is 0 Å². The fourth-order valence-corrected chi connectivity index (χ4v) is 3.69. The van der Waals surface area contributed by atoms with Crippen molar-refractivity contribution in [3.8, 4) is 0 Å². The predicted molar refractivity (Wildman–Crippen MR) is 74.9 cm³/mol. The Balaban J connectivity index is 1.83. The molecule has 112 valence electrons. The summed E-state index contributed by atoms with van der Waals surface area (Å²) in [6.07, 6.45) is 6.16. The molecule has 8 heteroatoms. The number of nitrogens with zero attached hydrogens (tertiary/aromatic N) is 4. The number of morpholine rings is 1. The first-order valence-electron chi connectivity index (χ1n) is 6.58. The molecule has 21 heavy (non-hydrogen) atoms. The van der Waals surface area contributed by atoms with Crippen molar-refractivity contribution in [3.63, 3.8) is 0 Å². The smallest absolute Gasteiger partial charge is 0.244 e. The maximum atomic E-state index is 12.6. The minimum Gasteiger partial charge on any atom is -0.371 e. The van der Waals surface area contributed by atoms with Crippen LogP contribution in [0.15, 0.2) is 41.8 Å². The Morgan fingerprint density at radius 1 is 1.38 bits per heavy atom. The zero-order chi connectivity index (χ0) is 14.9. The van der Waals surface area contributed by atoms with Crippen molar-refractivity contribution in [1.29, 1.82) is 0 Å². The minimum atomic E-state index is -3.53. The van der Waals surface area contributed by atoms with Gasteiger partial charge in [0, 0.05) is 44.3 Å². The SMILES string of the molecule is Cn1cc(C2CN(S(=O)(=O)c3cccnc3)CCO2)cn1. The summed E-state index contributed by atoms with van der Waals surface area (Å²) in [5.74, 6) is 0. The van der Waals surface area contributed by atoms with Gasteiger partial charge in [0.25, 0.3) is 0 Å². The molecular weight excluding hydrogens is 292 g/mol. The fraction of sp³-hybridized carbons (Fsp3) is 0.385. The highest BCUT2D eigenvalue weighted by Crippen LogP contribution is 2.25. The van der Waals surface area contributed by atoms with E-state index in [2.05, 4.69) is 10.1 Å². The van der Waals surface area contributed by atoms with Crippen LogP contribution in [0.1, 0.15) is 11.7 Å². The Morgan fingerprint density at radius 2 is 2.24 bits per heavy atom. The van der Waals surface area contributed by atoms with Gasteiger partial charge in [0.15, 0.2) is 0 Å². The second-order valence-corrected chi connectivity index (χ2v) is 6.80. The summed E-state index contributed by atoms with van der Waals surface area (Å²) >= 11 is 0. The van der Waals surface area contributed by atoms with Crippen LogP contribution in [0.5, 0.6) is 0 Å². The van der Waals surface area contributed by atoms with Gasteiger partial charge in [-0.25, -0.2) is 8.42 Å². The summed E-state index contributed by atoms with van der Waals surface area (Å²) in [6, 6.07) is 3.17. The van der Waals surface area contributed by atoms with Gasteiger partial charge in [0.05, 0.1) is 18.9 Å². The summed E-state index contributed by atoms with van der Waals surface area (Å²) in [5.41, 5.74) is 0.878. The van der Waals surface area contributed by atoms with Gasteiger partial charge in [-0.1, -0.05) is 0 Å². The third-order valence-electron chi connectivity index (χ3n) is 3.40. The fourth-order valence-electron chi connectivity index (χ4n) is 2.30. The molecule has 0 bridgehead atoms. The van der Waals surface area contributed by atoms with Gasteiger partial charge in [-0.3, -0.25) is 9.67 Å². The topological polar surface area (TPSA) is 77.3 Å². The predicted octanol–water partition coefficient (Wildman–Crippen LogP) is 0.577. The number of hydrogen-bond acceptors (Lipinski definition) is 5. The molecule has 1 saturated heterocycles. The van der Waals surface area contributed by atoms with E-state index in [1.54, 1.807) is 29.2 Å². The van der Waals surface area contributed by atoms with Crippen LogP contribution >= 0.6 is 0 Å². The summed E-state index contributed by atoms with van der Waals surface area (Å²) in [5, 5.41) is 4.10. The quantitative estimate of drug-likeness (QED) is 0.829. The Labute approximate surface area is 123 Å². The summed E-state index contributed by atoms with van der Waals surface area (Å²) in [4.78, 5) is 4.08. The van der Waals surface area contributed by atoms with E-state index in [-0.39, 0.29) is 17.5 Å². The van der Waals surface area contributed by atoms with E-state index >= 15 is 0 Å². The molecule has 0 saturated carbocycles. The van der Waals surface area contributed by atoms with Crippen molar-refractivity contribution >= 4 is 10.0 Å². The number of aryl methyl sites for hydroxylation is 1. The van der Waals surface area contributed by atoms with E-state index in [4.69, 9.17) is 4.74 Å². The zero-order valence-electron chi connectivity index (χ0n) is 11.6. The van der Waals surface area contributed by atoms with Crippen LogP contribution in [-0.4, -0.2) is 47.2 Å². The lowest BCUT2D eigenvalue weighted by atomic mass is 10.2. The van der Waals surface area contributed by atoms with Crippen molar-refractivity contribution < 1.29 is 13.2 Å². The van der Waals surface area contributed by atoms with Gasteiger partial charge in [0.1, 0.15) is 4.90 Å². The number of ether oxygens (including phenoxy) is 1. The summed E-state index contributed by atoms with van der Waals surface area (Å²) in [6.45, 7) is 0.982. The van der Waals surface area contributed by atoms with E-state index in [1.165, 1.54) is 10.5 Å². The molecule has 0 N–H and O–H groups in total. The van der Waals surface area contributed by atoms with Crippen LogP contribution in [0.3, 0.4) is 0 Å². The molecule has 1 aliphatic heterocycles. The van der Waals surface area contributed by atoms with Crippen molar-refractivity contribution in [3.05, 3.63) is 42.5 Å². The number of pyridine rings is 1. The first-order chi connectivity index (χ1) is 10.1. The molecule has 2 aromatic heterocycles. The molecule has 0 spiro atoms. The Morgan fingerprint density at radius 3 is 2.90 bits per heavy atom. The zero-order valence-corrected chi connectivity index (χ0v) is 12.4. The van der Waals surface area contributed by atoms with Crippen LogP contribution in [0.2, 0.25) is 0 Å². The summed E-state index contributed by atoms with van der Waals surface area (Å²) in [7, 11) is -1.72. The molecule has 3 rings (SSSR count). The average molecular weight is 308 g/mol. The van der Waals surface area contributed by atoms with Gasteiger partial charge in [-0.05, 0) is 12.1 Å². The van der Waals surface area contributed by atoms with E-state index in [0.29, 0.717) is 13.2 Å². The van der Waals surface area contributed by atoms with Gasteiger partial charge in [-0.2, -0.15) is 9.40 Å². The number of rotatable bonds is 3. The first-order valence-corrected chi connectivity index (χ1v) is 8.02. The lowest BCUT2D eigenvalue weighted by molar-refractivity contribution is -0.00259. The lowest BCUT2D eigenvalue weighted by Gasteiger charge is -2.31. The molecule has 2 aromatic rings. The third-order valence-corrected chi connectivity index (χ3v) is 5.25. The molecule has 7 nitrogen and oxygen atoms in total. The van der Waals surface area contributed by atoms with Crippen LogP contribution < -0.4 is 0 Å². The molecule has 0 amide bonds. The number of hydrogen-bond donors (Lipinski definition) is 0. The number of aromatic nitrogens is 3. The maximum absolute atomic E-state index is 12.6. The normalized spacial score (nSPS) is 20.5. The maximum Gasteiger partial charge on any atom is 0.244 e. The Bertz CT molecular complexity index is 714. The van der Waals surface area contributed by atoms with Gasteiger partial charge in [0.2, 0.25) is 10.0 Å². The van der Waals surface area contributed by atoms with Crippen molar-refractivity contribution in [1.82, 2.24) is 19.1 Å². The van der Waals surface area contributed by atoms with Gasteiger partial charge >= 0.3 is 0 Å². The molecule has 0 radical (unpaired) electrons. The molecule has 1 unspecified atom stereocenters. The Kier molecular flexibility index (Phi) is 3.75. The number of sulfonamides is 1. The molecule has 1 aliphatic rings. The molecule has 1 fully saturated rings. The molecule has 0 aliphatic carbocycles. The molecular formula is C13H16N4O3S. The largest absolute Gasteiger partial charge is 0.371 e. The van der Waals surface area contributed by atoms with E-state index in [9.17, 15) is 8.42 Å². The van der Waals surface area contributed by atoms with Crippen molar-refractivity contribution in [2.45, 2.75) is 11.0 Å². The van der Waals surface area contributed by atoms with Crippen LogP contribution in [0, 0.1) is 0 Å². The summed E-state index contributed by atoms with van der Waals surface area (Å²) < 4.78 is 33.9. The van der Waals surface area contributed by atoms with Gasteiger partial charge < -0.3 is 4.74 Å². The minimum absolute atomic E-state index is 0.205. The standard InChI is InChI=1S/C13H16N4O3S/c1-16-9-11(7-15-16)13-10-17(5-6-20-13)21(18,19)12-3-2-4-14-8-12/h2-4,7-9,13H,5-6,10H2,1H3. The second kappa shape index (κ2) is 5.55. The van der Waals surface area contributed by atoms with Crippen LogP contribution in [0.25, 0.3) is 0 Å². The lowest BCUT2D eigenvalue weighted by Crippen LogP contribution is -2.42. The molecule has 0 aromatic carbocycles. The first kappa shape index (κ1) is 14.2. The van der Waals surface area contributed by atoms with E-state index in [0.717, 1.165) is 5.56 Å². The van der Waals surface area contributed by atoms with Crippen molar-refractivity contribution in [2.24, 2.45) is 7.05 Å². The van der Waals surface area contributed by atoms with Crippen LogP contribution in [-0.2, 0) is 21.8 Å². The monoisotopic (exact) mass is 308 g/mol. The second-order valence-electron chi connectivity index (χ2n) is 4.86. The highest BCUT2D eigenvalue weighted by Gasteiger charge is 2.32. The van der Waals surface area contributed by atoms with Gasteiger partial charge in [-0.15, -0.1) is 0 Å². The third kappa shape index (κ3) is 2.82. The Hall–Kier alpha value is -1.77. The molecule has 1 atom stereocenters. The van der Waals surface area contributed by atoms with E-state index < -0.39 is 10.0 Å². The highest BCUT2D eigenvalue weighted by molar-refractivity contribution is 7.89. The highest BCUT2D eigenvalue weighted by atomic mass is 32.2. The van der Waals surface area contributed by atoms with Crippen molar-refractivity contribution in [2.75, 3.05) is 19.7 Å². The average Bonchev–Trinajstić information content (AvgIpc) is 2.95. The van der Waals surface area contributed by atoms with E-state index in [1.807, 2.05) is 13.2 Å².